The van der Waals surface area contributed by atoms with Gasteiger partial charge >= 0.3 is 0 Å². The van der Waals surface area contributed by atoms with Crippen LogP contribution in [0.1, 0.15) is 110 Å². The van der Waals surface area contributed by atoms with Crippen LogP contribution in [0.4, 0.5) is 34.1 Å². The van der Waals surface area contributed by atoms with E-state index in [4.69, 9.17) is 0 Å². The molecule has 3 heteroatoms. The molecule has 0 saturated heterocycles. The van der Waals surface area contributed by atoms with Crippen LogP contribution in [0.2, 0.25) is 0 Å². The minimum absolute atomic E-state index is 0.0165. The first-order chi connectivity index (χ1) is 27.9. The Morgan fingerprint density at radius 3 is 1.47 bits per heavy atom. The largest absolute Gasteiger partial charge is 0.311 e. The van der Waals surface area contributed by atoms with E-state index in [1.54, 1.807) is 0 Å². The second-order valence-corrected chi connectivity index (χ2v) is 20.6. The van der Waals surface area contributed by atoms with Crippen LogP contribution in [-0.2, 0) is 16.2 Å². The van der Waals surface area contributed by atoms with Crippen molar-refractivity contribution in [3.8, 4) is 11.1 Å². The molecule has 0 spiro atoms. The van der Waals surface area contributed by atoms with Crippen LogP contribution in [0.15, 0.2) is 133 Å². The van der Waals surface area contributed by atoms with Gasteiger partial charge in [0.1, 0.15) is 0 Å². The minimum Gasteiger partial charge on any atom is -0.311 e. The van der Waals surface area contributed by atoms with Crippen LogP contribution in [0.3, 0.4) is 0 Å². The molecule has 0 N–H and O–H groups in total. The van der Waals surface area contributed by atoms with Crippen molar-refractivity contribution in [3.63, 3.8) is 0 Å². The molecule has 0 aliphatic carbocycles. The molecule has 0 saturated carbocycles. The summed E-state index contributed by atoms with van der Waals surface area (Å²) in [6.07, 6.45) is 0. The van der Waals surface area contributed by atoms with E-state index in [2.05, 4.69) is 226 Å². The second-order valence-electron chi connectivity index (χ2n) is 20.6. The molecule has 9 rings (SSSR count). The summed E-state index contributed by atoms with van der Waals surface area (Å²) in [5, 5.41) is 2.54. The molecule has 2 nitrogen and oxygen atoms in total. The average Bonchev–Trinajstić information content (AvgIpc) is 3.19. The van der Waals surface area contributed by atoms with Crippen molar-refractivity contribution in [3.05, 3.63) is 161 Å². The number of para-hydroxylation sites is 2. The summed E-state index contributed by atoms with van der Waals surface area (Å²) in [6, 6.07) is 51.6. The lowest BCUT2D eigenvalue weighted by Gasteiger charge is -2.45. The Morgan fingerprint density at radius 1 is 0.475 bits per heavy atom. The summed E-state index contributed by atoms with van der Waals surface area (Å²) in [5.74, 6) is 0.386. The van der Waals surface area contributed by atoms with E-state index in [9.17, 15) is 0 Å². The molecular formula is C56H59BN2. The zero-order valence-corrected chi connectivity index (χ0v) is 37.3. The Bertz CT molecular complexity index is 2750. The van der Waals surface area contributed by atoms with Crippen LogP contribution < -0.4 is 26.2 Å². The average molecular weight is 771 g/mol. The smallest absolute Gasteiger partial charge is 0.252 e. The number of fused-ring (bicyclic) bond motifs is 5. The standard InChI is InChI=1S/C56H59BN2/c1-35(2)38-27-40(54(4,5)6)32-43(28-38)58-48-23-17-15-21-46(48)57-47-22-16-18-24-49(47)59(44-33-41(55(7,8)9)31-42(34-44)56(10,11)12)51-30-39(29-50(58)53(51)57)52-36(3)25-26-37-19-13-14-20-45(37)52/h13-35H,1-12H3. The zero-order chi connectivity index (χ0) is 41.8. The van der Waals surface area contributed by atoms with Gasteiger partial charge in [-0.05, 0) is 144 Å². The van der Waals surface area contributed by atoms with E-state index in [1.807, 2.05) is 0 Å². The van der Waals surface area contributed by atoms with Gasteiger partial charge in [-0.25, -0.2) is 0 Å². The predicted molar refractivity (Wildman–Crippen MR) is 258 cm³/mol. The number of nitrogens with zero attached hydrogens (tertiary/aromatic N) is 2. The van der Waals surface area contributed by atoms with Gasteiger partial charge in [0.05, 0.1) is 0 Å². The summed E-state index contributed by atoms with van der Waals surface area (Å²) in [7, 11) is 0. The molecule has 7 aromatic rings. The van der Waals surface area contributed by atoms with Crippen molar-refractivity contribution in [2.24, 2.45) is 0 Å². The van der Waals surface area contributed by atoms with Crippen molar-refractivity contribution in [2.45, 2.75) is 105 Å². The fourth-order valence-corrected chi connectivity index (χ4v) is 9.50. The fourth-order valence-electron chi connectivity index (χ4n) is 9.50. The summed E-state index contributed by atoms with van der Waals surface area (Å²) in [6.45, 7) is 28.1. The number of hydrogen-bond acceptors (Lipinski definition) is 2. The van der Waals surface area contributed by atoms with Crippen molar-refractivity contribution in [2.75, 3.05) is 9.80 Å². The summed E-state index contributed by atoms with van der Waals surface area (Å²) in [5.41, 5.74) is 20.6. The van der Waals surface area contributed by atoms with Gasteiger partial charge in [-0.15, -0.1) is 0 Å². The lowest BCUT2D eigenvalue weighted by Crippen LogP contribution is -2.61. The Hall–Kier alpha value is -5.54. The van der Waals surface area contributed by atoms with Crippen molar-refractivity contribution in [1.29, 1.82) is 0 Å². The third-order valence-electron chi connectivity index (χ3n) is 12.9. The van der Waals surface area contributed by atoms with E-state index < -0.39 is 0 Å². The quantitative estimate of drug-likeness (QED) is 0.165. The molecular weight excluding hydrogens is 711 g/mol. The van der Waals surface area contributed by atoms with E-state index in [0.29, 0.717) is 5.92 Å². The minimum atomic E-state index is -0.0306. The van der Waals surface area contributed by atoms with Gasteiger partial charge in [0.25, 0.3) is 6.71 Å². The van der Waals surface area contributed by atoms with Crippen LogP contribution in [-0.4, -0.2) is 6.71 Å². The maximum absolute atomic E-state index is 2.61. The van der Waals surface area contributed by atoms with Gasteiger partial charge in [0, 0.05) is 34.1 Å². The van der Waals surface area contributed by atoms with Crippen molar-refractivity contribution >= 4 is 68.0 Å². The van der Waals surface area contributed by atoms with E-state index >= 15 is 0 Å². The lowest BCUT2D eigenvalue weighted by atomic mass is 9.33. The number of benzene rings is 7. The van der Waals surface area contributed by atoms with Crippen LogP contribution >= 0.6 is 0 Å². The third-order valence-corrected chi connectivity index (χ3v) is 12.9. The van der Waals surface area contributed by atoms with Crippen molar-refractivity contribution in [1.82, 2.24) is 0 Å². The first-order valence-corrected chi connectivity index (χ1v) is 21.7. The molecule has 7 aromatic carbocycles. The molecule has 2 aliphatic heterocycles. The van der Waals surface area contributed by atoms with Gasteiger partial charge in [0.2, 0.25) is 0 Å². The number of hydrogen-bond donors (Lipinski definition) is 0. The number of anilines is 6. The highest BCUT2D eigenvalue weighted by atomic mass is 15.2. The highest BCUT2D eigenvalue weighted by Crippen LogP contribution is 2.49. The molecule has 0 aromatic heterocycles. The number of aryl methyl sites for hydroxylation is 1. The zero-order valence-electron chi connectivity index (χ0n) is 37.3. The Labute approximate surface area is 354 Å². The molecule has 2 heterocycles. The maximum atomic E-state index is 2.61. The molecule has 2 aliphatic rings. The Morgan fingerprint density at radius 2 is 0.949 bits per heavy atom. The topological polar surface area (TPSA) is 6.48 Å². The van der Waals surface area contributed by atoms with E-state index in [0.717, 1.165) is 0 Å². The molecule has 0 radical (unpaired) electrons. The van der Waals surface area contributed by atoms with Gasteiger partial charge in [-0.3, -0.25) is 0 Å². The third kappa shape index (κ3) is 6.58. The fraction of sp³-hybridized carbons (Fsp3) is 0.286. The molecule has 296 valence electrons. The first-order valence-electron chi connectivity index (χ1n) is 21.7. The Balaban J connectivity index is 1.45. The monoisotopic (exact) mass is 770 g/mol. The molecule has 0 bridgehead atoms. The molecule has 0 atom stereocenters. The SMILES string of the molecule is Cc1ccc2ccccc2c1-c1cc2c3c(c1)N(c1cc(C(C)(C)C)cc(C(C)(C)C)c1)c1ccccc1B3c1ccccc1N2c1cc(C(C)C)cc(C(C)(C)C)c1. The first kappa shape index (κ1) is 39.0. The second kappa shape index (κ2) is 13.8. The highest BCUT2D eigenvalue weighted by Gasteiger charge is 2.44. The van der Waals surface area contributed by atoms with Crippen LogP contribution in [0, 0.1) is 6.92 Å². The van der Waals surface area contributed by atoms with Crippen LogP contribution in [0.25, 0.3) is 21.9 Å². The van der Waals surface area contributed by atoms with E-state index in [-0.39, 0.29) is 23.0 Å². The summed E-state index contributed by atoms with van der Waals surface area (Å²) >= 11 is 0. The Kier molecular flexibility index (Phi) is 9.09. The molecule has 0 fully saturated rings. The lowest BCUT2D eigenvalue weighted by molar-refractivity contribution is 0.569. The maximum Gasteiger partial charge on any atom is 0.252 e. The highest BCUT2D eigenvalue weighted by molar-refractivity contribution is 7.00. The number of rotatable bonds is 4. The van der Waals surface area contributed by atoms with Gasteiger partial charge < -0.3 is 9.80 Å². The molecule has 0 unspecified atom stereocenters. The summed E-state index contributed by atoms with van der Waals surface area (Å²) in [4.78, 5) is 5.21. The summed E-state index contributed by atoms with van der Waals surface area (Å²) < 4.78 is 0. The normalized spacial score (nSPS) is 13.8. The molecule has 59 heavy (non-hydrogen) atoms. The van der Waals surface area contributed by atoms with Gasteiger partial charge in [0.15, 0.2) is 0 Å². The van der Waals surface area contributed by atoms with Gasteiger partial charge in [-0.1, -0.05) is 161 Å². The van der Waals surface area contributed by atoms with Gasteiger partial charge in [-0.2, -0.15) is 0 Å². The molecule has 0 amide bonds. The predicted octanol–water partition coefficient (Wildman–Crippen LogP) is 13.9. The van der Waals surface area contributed by atoms with E-state index in [1.165, 1.54) is 100 Å². The van der Waals surface area contributed by atoms with Crippen LogP contribution in [0.5, 0.6) is 0 Å². The van der Waals surface area contributed by atoms with Crippen molar-refractivity contribution < 1.29 is 0 Å².